The van der Waals surface area contributed by atoms with Crippen LogP contribution in [0.25, 0.3) is 195 Å². The van der Waals surface area contributed by atoms with E-state index < -0.39 is 0 Å². The first-order valence-electron chi connectivity index (χ1n) is 43.7. The van der Waals surface area contributed by atoms with Gasteiger partial charge in [-0.25, -0.2) is 0 Å². The number of anilines is 12. The Labute approximate surface area is 732 Å². The van der Waals surface area contributed by atoms with Crippen molar-refractivity contribution in [1.29, 1.82) is 0 Å². The molecule has 4 heterocycles. The maximum absolute atomic E-state index is 6.89. The van der Waals surface area contributed by atoms with Crippen molar-refractivity contribution in [2.75, 3.05) is 19.6 Å². The molecule has 0 bridgehead atoms. The Morgan fingerprint density at radius 1 is 0.125 bits per heavy atom. The average molecular weight is 1630 g/mol. The zero-order chi connectivity index (χ0) is 83.8. The van der Waals surface area contributed by atoms with Crippen molar-refractivity contribution in [3.63, 3.8) is 0 Å². The normalized spacial score (nSPS) is 12.1. The smallest absolute Gasteiger partial charge is 0.160 e. The summed E-state index contributed by atoms with van der Waals surface area (Å²) in [5.74, 6) is 0. The standard InChI is InChI=1S/2C60H36N2O2/c1-3-17-41(18-4-1)61(51-35-39-15-7-9-21-43(39)57-47-23-11-13-25-53(47)63-59(51)57)49-33-29-37-28-32-46-50(34-30-38-27-31-45(49)55(37)56(38)46)62(42-19-5-2-6-20-42)52-36-40-16-8-10-22-44(40)58-48-24-12-14-26-54(48)64-60(52)58;1-3-15-41(16-4-1)61(51-23-11-21-47-57-43-19-9-7-13-37(43)29-35-53(57)63-59(47)51)49-33-27-39-26-32-46-50(34-28-40-25-31-45(49)55(39)56(40)46)62(42-17-5-2-6-18-42)52-24-12-22-48-58-44-20-10-8-14-38(44)30-36-54(58)64-60(48)52/h2*1-36H. The molecule has 8 nitrogen and oxygen atoms in total. The molecule has 0 fully saturated rings. The summed E-state index contributed by atoms with van der Waals surface area (Å²) in [5, 5.41) is 32.7. The van der Waals surface area contributed by atoms with Crippen molar-refractivity contribution in [2.24, 2.45) is 0 Å². The van der Waals surface area contributed by atoms with Crippen molar-refractivity contribution in [1.82, 2.24) is 0 Å². The summed E-state index contributed by atoms with van der Waals surface area (Å²) in [4.78, 5) is 9.55. The highest BCUT2D eigenvalue weighted by atomic mass is 16.3. The molecule has 28 rings (SSSR count). The fourth-order valence-electron chi connectivity index (χ4n) is 21.2. The van der Waals surface area contributed by atoms with Gasteiger partial charge in [-0.2, -0.15) is 0 Å². The molecule has 0 aliphatic rings. The van der Waals surface area contributed by atoms with E-state index in [9.17, 15) is 0 Å². The second-order valence-corrected chi connectivity index (χ2v) is 33.5. The molecular formula is C120H72N4O4. The number of hydrogen-bond donors (Lipinski definition) is 0. The molecule has 0 aliphatic carbocycles. The molecule has 0 radical (unpaired) electrons. The second kappa shape index (κ2) is 28.2. The quantitative estimate of drug-likeness (QED) is 0.112. The lowest BCUT2D eigenvalue weighted by Crippen LogP contribution is -2.12. The van der Waals surface area contributed by atoms with Gasteiger partial charge in [0.15, 0.2) is 22.3 Å². The fraction of sp³-hybridized carbons (Fsp3) is 0. The van der Waals surface area contributed by atoms with Gasteiger partial charge in [-0.05, 0) is 208 Å². The van der Waals surface area contributed by atoms with E-state index in [0.29, 0.717) is 0 Å². The number of hydrogen-bond acceptors (Lipinski definition) is 8. The van der Waals surface area contributed by atoms with Gasteiger partial charge in [-0.1, -0.05) is 315 Å². The van der Waals surface area contributed by atoms with Crippen LogP contribution in [0.15, 0.2) is 454 Å². The van der Waals surface area contributed by atoms with E-state index in [1.165, 1.54) is 75.4 Å². The molecule has 128 heavy (non-hydrogen) atoms. The van der Waals surface area contributed by atoms with Crippen molar-refractivity contribution in [3.8, 4) is 0 Å². The lowest BCUT2D eigenvalue weighted by molar-refractivity contribution is 0.669. The molecule has 0 aliphatic heterocycles. The second-order valence-electron chi connectivity index (χ2n) is 33.5. The first-order valence-corrected chi connectivity index (χ1v) is 43.7. The highest BCUT2D eigenvalue weighted by Gasteiger charge is 2.31. The summed E-state index contributed by atoms with van der Waals surface area (Å²) >= 11 is 0. The van der Waals surface area contributed by atoms with Gasteiger partial charge in [0.05, 0.1) is 45.5 Å². The summed E-state index contributed by atoms with van der Waals surface area (Å²) in [7, 11) is 0. The van der Waals surface area contributed by atoms with Gasteiger partial charge in [0, 0.05) is 87.4 Å². The van der Waals surface area contributed by atoms with E-state index in [1.807, 2.05) is 0 Å². The molecule has 0 saturated carbocycles. The summed E-state index contributed by atoms with van der Waals surface area (Å²) < 4.78 is 27.5. The average Bonchev–Trinajstić information content (AvgIpc) is 1.03. The van der Waals surface area contributed by atoms with E-state index >= 15 is 0 Å². The van der Waals surface area contributed by atoms with Crippen molar-refractivity contribution in [3.05, 3.63) is 437 Å². The molecule has 28 aromatic rings. The molecule has 8 heteroatoms. The van der Waals surface area contributed by atoms with Gasteiger partial charge < -0.3 is 37.3 Å². The van der Waals surface area contributed by atoms with Crippen LogP contribution in [0.3, 0.4) is 0 Å². The zero-order valence-corrected chi connectivity index (χ0v) is 69.0. The predicted octanol–water partition coefficient (Wildman–Crippen LogP) is 35.3. The Bertz CT molecular complexity index is 8840. The summed E-state index contributed by atoms with van der Waals surface area (Å²) in [6.45, 7) is 0. The molecule has 24 aromatic carbocycles. The van der Waals surface area contributed by atoms with Gasteiger partial charge in [0.2, 0.25) is 0 Å². The highest BCUT2D eigenvalue weighted by Crippen LogP contribution is 2.56. The van der Waals surface area contributed by atoms with E-state index in [0.717, 1.165) is 188 Å². The van der Waals surface area contributed by atoms with E-state index in [1.54, 1.807) is 0 Å². The molecular weight excluding hydrogens is 1560 g/mol. The number of para-hydroxylation sites is 8. The number of rotatable bonds is 12. The molecule has 596 valence electrons. The van der Waals surface area contributed by atoms with Gasteiger partial charge in [-0.15, -0.1) is 0 Å². The lowest BCUT2D eigenvalue weighted by atomic mass is 9.91. The third-order valence-corrected chi connectivity index (χ3v) is 26.7. The lowest BCUT2D eigenvalue weighted by Gasteiger charge is -2.29. The van der Waals surface area contributed by atoms with Crippen LogP contribution >= 0.6 is 0 Å². The first-order chi connectivity index (χ1) is 63.5. The van der Waals surface area contributed by atoms with E-state index in [-0.39, 0.29) is 0 Å². The van der Waals surface area contributed by atoms with Crippen LogP contribution in [0.2, 0.25) is 0 Å². The molecule has 0 amide bonds. The Hall–Kier alpha value is -17.2. The third-order valence-electron chi connectivity index (χ3n) is 26.7. The van der Waals surface area contributed by atoms with Crippen LogP contribution in [0, 0.1) is 0 Å². The molecule has 0 unspecified atom stereocenters. The Kier molecular flexibility index (Phi) is 15.7. The van der Waals surface area contributed by atoms with Crippen LogP contribution in [-0.2, 0) is 0 Å². The predicted molar refractivity (Wildman–Crippen MR) is 538 cm³/mol. The van der Waals surface area contributed by atoms with Gasteiger partial charge in [0.1, 0.15) is 22.3 Å². The fourth-order valence-corrected chi connectivity index (χ4v) is 21.2. The minimum Gasteiger partial charge on any atom is -0.454 e. The van der Waals surface area contributed by atoms with Crippen LogP contribution < -0.4 is 19.6 Å². The Morgan fingerprint density at radius 3 is 0.727 bits per heavy atom. The van der Waals surface area contributed by atoms with Gasteiger partial charge >= 0.3 is 0 Å². The Morgan fingerprint density at radius 2 is 0.383 bits per heavy atom. The van der Waals surface area contributed by atoms with Crippen molar-refractivity contribution >= 4 is 264 Å². The topological polar surface area (TPSA) is 65.5 Å². The summed E-state index contributed by atoms with van der Waals surface area (Å²) in [6, 6.07) is 157. The SMILES string of the molecule is c1ccc(N(c2ccc3ccc4c(N(c5ccccc5)c5cc6ccccc6c6c5oc5ccccc56)ccc5ccc2c3c54)c2cc3ccccc3c3c2oc2ccccc23)cc1.c1ccc(N(c2ccc3ccc4c(N(c5ccccc5)c5cccc6c5oc5ccc7ccccc7c56)ccc5ccc2c3c54)c2cccc3c2oc2ccc4ccccc4c23)cc1. The van der Waals surface area contributed by atoms with Crippen LogP contribution in [-0.4, -0.2) is 0 Å². The summed E-state index contributed by atoms with van der Waals surface area (Å²) in [6.07, 6.45) is 0. The number of benzene rings is 24. The zero-order valence-electron chi connectivity index (χ0n) is 69.0. The van der Waals surface area contributed by atoms with Crippen molar-refractivity contribution < 1.29 is 17.7 Å². The van der Waals surface area contributed by atoms with Gasteiger partial charge in [-0.3, -0.25) is 0 Å². The number of nitrogens with zero attached hydrogens (tertiary/aromatic N) is 4. The summed E-state index contributed by atoms with van der Waals surface area (Å²) in [5.41, 5.74) is 19.4. The third kappa shape index (κ3) is 10.8. The number of furan rings is 4. The maximum Gasteiger partial charge on any atom is 0.160 e. The van der Waals surface area contributed by atoms with Crippen LogP contribution in [0.4, 0.5) is 68.2 Å². The molecule has 0 saturated heterocycles. The van der Waals surface area contributed by atoms with Crippen molar-refractivity contribution in [2.45, 2.75) is 0 Å². The molecule has 0 atom stereocenters. The highest BCUT2D eigenvalue weighted by molar-refractivity contribution is 6.33. The van der Waals surface area contributed by atoms with E-state index in [2.05, 4.69) is 456 Å². The number of fused-ring (bicyclic) bond motifs is 20. The van der Waals surface area contributed by atoms with Gasteiger partial charge in [0.25, 0.3) is 0 Å². The minimum absolute atomic E-state index is 0.858. The first kappa shape index (κ1) is 71.4. The largest absolute Gasteiger partial charge is 0.454 e. The van der Waals surface area contributed by atoms with Crippen LogP contribution in [0.5, 0.6) is 0 Å². The monoisotopic (exact) mass is 1630 g/mol. The molecule has 0 N–H and O–H groups in total. The Balaban J connectivity index is 0.000000132. The minimum atomic E-state index is 0.858. The van der Waals surface area contributed by atoms with Crippen LogP contribution in [0.1, 0.15) is 0 Å². The molecule has 4 aromatic heterocycles. The molecule has 0 spiro atoms. The van der Waals surface area contributed by atoms with E-state index in [4.69, 9.17) is 17.7 Å². The maximum atomic E-state index is 6.89.